The lowest BCUT2D eigenvalue weighted by atomic mass is 10.1. The second-order valence-corrected chi connectivity index (χ2v) is 6.50. The second-order valence-electron chi connectivity index (χ2n) is 6.09. The molecule has 32 heavy (non-hydrogen) atoms. The molecule has 8 nitrogen and oxygen atoms in total. The van der Waals surface area contributed by atoms with Crippen molar-refractivity contribution in [2.24, 2.45) is 15.8 Å². The first-order chi connectivity index (χ1) is 15.1. The van der Waals surface area contributed by atoms with Crippen LogP contribution in [0.1, 0.15) is 0 Å². The molecule has 168 valence electrons. The number of nitrogens with two attached hydrogens (primary N) is 1. The molecule has 2 heterocycles. The summed E-state index contributed by atoms with van der Waals surface area (Å²) in [4.78, 5) is 19.7. The van der Waals surface area contributed by atoms with Gasteiger partial charge in [0.15, 0.2) is 17.3 Å². The van der Waals surface area contributed by atoms with Gasteiger partial charge < -0.3 is 11.1 Å². The summed E-state index contributed by atoms with van der Waals surface area (Å²) in [7, 11) is 0. The van der Waals surface area contributed by atoms with Crippen LogP contribution in [-0.2, 0) is 4.79 Å². The van der Waals surface area contributed by atoms with Crippen molar-refractivity contribution in [2.75, 3.05) is 17.0 Å². The summed E-state index contributed by atoms with van der Waals surface area (Å²) in [6.07, 6.45) is -2.14. The van der Waals surface area contributed by atoms with Crippen molar-refractivity contribution in [3.8, 4) is 0 Å². The van der Waals surface area contributed by atoms with E-state index in [2.05, 4.69) is 25.8 Å². The Morgan fingerprint density at radius 1 is 1.31 bits per heavy atom. The average Bonchev–Trinajstić information content (AvgIpc) is 3.23. The minimum atomic E-state index is -5.19. The van der Waals surface area contributed by atoms with Gasteiger partial charge in [0.2, 0.25) is 0 Å². The second kappa shape index (κ2) is 9.28. The predicted molar refractivity (Wildman–Crippen MR) is 109 cm³/mol. The number of aromatic nitrogens is 1. The maximum Gasteiger partial charge on any atom is 0.434 e. The van der Waals surface area contributed by atoms with Gasteiger partial charge in [-0.15, -0.1) is 0 Å². The molecule has 0 saturated carbocycles. The zero-order valence-electron chi connectivity index (χ0n) is 15.8. The Labute approximate surface area is 182 Å². The monoisotopic (exact) mass is 473 g/mol. The number of rotatable bonds is 5. The lowest BCUT2D eigenvalue weighted by Crippen LogP contribution is -2.32. The van der Waals surface area contributed by atoms with Crippen LogP contribution in [0, 0.1) is 11.6 Å². The number of anilines is 2. The van der Waals surface area contributed by atoms with Crippen LogP contribution < -0.4 is 21.6 Å². The number of benzene rings is 1. The molecule has 1 aliphatic rings. The third kappa shape index (κ3) is 5.18. The molecule has 1 aliphatic heterocycles. The molecule has 0 radical (unpaired) electrons. The van der Waals surface area contributed by atoms with Gasteiger partial charge in [-0.25, -0.2) is 24.2 Å². The van der Waals surface area contributed by atoms with E-state index >= 15 is 0 Å². The highest BCUT2D eigenvalue weighted by atomic mass is 35.5. The van der Waals surface area contributed by atoms with Crippen LogP contribution in [0.2, 0.25) is 5.02 Å². The summed E-state index contributed by atoms with van der Waals surface area (Å²) in [6, 6.07) is 3.00. The number of pyridine rings is 1. The highest BCUT2D eigenvalue weighted by Gasteiger charge is 2.41. The van der Waals surface area contributed by atoms with Gasteiger partial charge in [-0.3, -0.25) is 4.79 Å². The van der Waals surface area contributed by atoms with Crippen molar-refractivity contribution in [1.29, 1.82) is 0 Å². The normalized spacial score (nSPS) is 14.8. The van der Waals surface area contributed by atoms with Gasteiger partial charge in [0.05, 0.1) is 34.7 Å². The molecule has 1 aromatic heterocycles. The number of halogens is 6. The maximum atomic E-state index is 13.8. The molecule has 1 amide bonds. The molecule has 0 aliphatic carbocycles. The van der Waals surface area contributed by atoms with Crippen molar-refractivity contribution in [3.63, 3.8) is 0 Å². The Hall–Kier alpha value is -3.58. The first-order valence-electron chi connectivity index (χ1n) is 8.66. The Morgan fingerprint density at radius 2 is 2.06 bits per heavy atom. The molecule has 3 rings (SSSR count). The minimum absolute atomic E-state index is 0.0331. The summed E-state index contributed by atoms with van der Waals surface area (Å²) >= 11 is 6.09. The smallest absolute Gasteiger partial charge is 0.404 e. The van der Waals surface area contributed by atoms with E-state index in [0.717, 1.165) is 12.3 Å². The van der Waals surface area contributed by atoms with E-state index < -0.39 is 40.7 Å². The van der Waals surface area contributed by atoms with Crippen molar-refractivity contribution in [3.05, 3.63) is 58.9 Å². The van der Waals surface area contributed by atoms with E-state index in [1.54, 1.807) is 6.21 Å². The number of nitrogens with zero attached hydrogens (tertiary/aromatic N) is 4. The molecular formula is C18H13ClF5N7O. The minimum Gasteiger partial charge on any atom is -0.404 e. The third-order valence-electron chi connectivity index (χ3n) is 3.89. The van der Waals surface area contributed by atoms with Crippen LogP contribution >= 0.6 is 11.6 Å². The molecule has 0 saturated heterocycles. The van der Waals surface area contributed by atoms with E-state index in [0.29, 0.717) is 24.9 Å². The standard InChI is InChI=1S/C18H13ClF5N7O/c19-12-6-10(8-26-16(12)31-27-3-4-28-31)29-17(32)11(7-25)15(18(22,23)24)30-14-2-1-9(20)5-13(14)21/h1-3,5-8,28H,4,25H2,(H,29,32). The van der Waals surface area contributed by atoms with Gasteiger partial charge in [0, 0.05) is 18.5 Å². The number of aliphatic imine (C=N–C) groups is 1. The van der Waals surface area contributed by atoms with E-state index in [9.17, 15) is 26.7 Å². The number of hydrazine groups is 1. The molecule has 0 spiro atoms. The Balaban J connectivity index is 1.89. The largest absolute Gasteiger partial charge is 0.434 e. The van der Waals surface area contributed by atoms with Crippen LogP contribution in [0.15, 0.2) is 52.3 Å². The zero-order chi connectivity index (χ0) is 23.5. The molecule has 4 N–H and O–H groups in total. The van der Waals surface area contributed by atoms with Crippen LogP contribution in [-0.4, -0.2) is 35.5 Å². The number of hydrogen-bond acceptors (Lipinski definition) is 7. The SMILES string of the molecule is NC=C(C(=O)Nc1cnc(N2N=CCN2)c(Cl)c1)C(=Nc1ccc(F)cc1F)C(F)(F)F. The third-order valence-corrected chi connectivity index (χ3v) is 4.16. The summed E-state index contributed by atoms with van der Waals surface area (Å²) < 4.78 is 67.6. The highest BCUT2D eigenvalue weighted by Crippen LogP contribution is 2.29. The average molecular weight is 474 g/mol. The van der Waals surface area contributed by atoms with Crippen molar-refractivity contribution < 1.29 is 26.7 Å². The number of nitrogens with one attached hydrogen (secondary N) is 2. The fraction of sp³-hybridized carbons (Fsp3) is 0.111. The van der Waals surface area contributed by atoms with Crippen molar-refractivity contribution >= 4 is 46.6 Å². The number of carbonyl (C=O) groups is 1. The van der Waals surface area contributed by atoms with Gasteiger partial charge in [-0.2, -0.15) is 23.4 Å². The molecular weight excluding hydrogens is 461 g/mol. The Bertz CT molecular complexity index is 1130. The summed E-state index contributed by atoms with van der Waals surface area (Å²) in [6.45, 7) is 0.440. The van der Waals surface area contributed by atoms with Gasteiger partial charge in [0.25, 0.3) is 5.91 Å². The molecule has 0 unspecified atom stereocenters. The molecule has 0 fully saturated rings. The van der Waals surface area contributed by atoms with Crippen LogP contribution in [0.3, 0.4) is 0 Å². The highest BCUT2D eigenvalue weighted by molar-refractivity contribution is 6.33. The van der Waals surface area contributed by atoms with E-state index in [1.807, 2.05) is 0 Å². The Kier molecular flexibility index (Phi) is 6.69. The molecule has 0 atom stereocenters. The first-order valence-corrected chi connectivity index (χ1v) is 9.04. The fourth-order valence-electron chi connectivity index (χ4n) is 2.50. The van der Waals surface area contributed by atoms with E-state index in [4.69, 9.17) is 17.3 Å². The summed E-state index contributed by atoms with van der Waals surface area (Å²) in [5.41, 5.74) is 4.29. The zero-order valence-corrected chi connectivity index (χ0v) is 16.5. The Morgan fingerprint density at radius 3 is 2.62 bits per heavy atom. The van der Waals surface area contributed by atoms with Crippen LogP contribution in [0.5, 0.6) is 0 Å². The maximum absolute atomic E-state index is 13.8. The van der Waals surface area contributed by atoms with E-state index in [1.165, 1.54) is 11.2 Å². The van der Waals surface area contributed by atoms with Gasteiger partial charge in [-0.05, 0) is 18.2 Å². The molecule has 0 bridgehead atoms. The van der Waals surface area contributed by atoms with Gasteiger partial charge >= 0.3 is 6.18 Å². The molecule has 1 aromatic carbocycles. The number of hydrogen-bond donors (Lipinski definition) is 3. The lowest BCUT2D eigenvalue weighted by Gasteiger charge is -2.16. The lowest BCUT2D eigenvalue weighted by molar-refractivity contribution is -0.113. The van der Waals surface area contributed by atoms with E-state index in [-0.39, 0.29) is 16.5 Å². The molecule has 14 heteroatoms. The quantitative estimate of drug-likeness (QED) is 0.350. The number of alkyl halides is 3. The number of hydrazone groups is 1. The van der Waals surface area contributed by atoms with Crippen molar-refractivity contribution in [1.82, 2.24) is 10.4 Å². The number of amides is 1. The topological polar surface area (TPSA) is 108 Å². The van der Waals surface area contributed by atoms with Crippen LogP contribution in [0.4, 0.5) is 39.1 Å². The van der Waals surface area contributed by atoms with Crippen molar-refractivity contribution in [2.45, 2.75) is 6.18 Å². The summed E-state index contributed by atoms with van der Waals surface area (Å²) in [5.74, 6) is -3.48. The number of carbonyl (C=O) groups excluding carboxylic acids is 1. The van der Waals surface area contributed by atoms with Crippen LogP contribution in [0.25, 0.3) is 0 Å². The molecule has 2 aromatic rings. The van der Waals surface area contributed by atoms with Gasteiger partial charge in [0.1, 0.15) is 5.82 Å². The predicted octanol–water partition coefficient (Wildman–Crippen LogP) is 3.44. The summed E-state index contributed by atoms with van der Waals surface area (Å²) in [5, 5.41) is 7.41. The fourth-order valence-corrected chi connectivity index (χ4v) is 2.75. The van der Waals surface area contributed by atoms with Gasteiger partial charge in [-0.1, -0.05) is 11.6 Å². The first kappa shape index (κ1) is 23.1.